The SMILES string of the molecule is Cc1nn2c(c1-c1ccccc1)N=C(c1ccco1)C[C@@H]2c1ccccn1. The molecule has 4 aromatic rings. The maximum Gasteiger partial charge on any atom is 0.159 e. The molecule has 132 valence electrons. The normalized spacial score (nSPS) is 16.0. The molecule has 1 atom stereocenters. The van der Waals surface area contributed by atoms with Crippen molar-refractivity contribution in [1.82, 2.24) is 14.8 Å². The van der Waals surface area contributed by atoms with Gasteiger partial charge in [-0.2, -0.15) is 5.10 Å². The van der Waals surface area contributed by atoms with E-state index in [1.165, 1.54) is 0 Å². The zero-order valence-corrected chi connectivity index (χ0v) is 14.9. The fourth-order valence-corrected chi connectivity index (χ4v) is 3.65. The van der Waals surface area contributed by atoms with Crippen LogP contribution in [0.25, 0.3) is 11.1 Å². The Hall–Kier alpha value is -3.47. The van der Waals surface area contributed by atoms with E-state index >= 15 is 0 Å². The minimum Gasteiger partial charge on any atom is -0.463 e. The number of pyridine rings is 1. The molecular formula is C22H18N4O. The molecular weight excluding hydrogens is 336 g/mol. The first-order chi connectivity index (χ1) is 13.3. The molecule has 0 bridgehead atoms. The van der Waals surface area contributed by atoms with Crippen LogP contribution in [0.15, 0.2) is 82.5 Å². The van der Waals surface area contributed by atoms with Gasteiger partial charge in [0.25, 0.3) is 0 Å². The van der Waals surface area contributed by atoms with E-state index in [2.05, 4.69) is 17.1 Å². The number of furan rings is 1. The molecule has 0 amide bonds. The van der Waals surface area contributed by atoms with Gasteiger partial charge in [-0.3, -0.25) is 4.98 Å². The molecule has 0 aliphatic carbocycles. The monoisotopic (exact) mass is 354 g/mol. The molecule has 0 fully saturated rings. The second-order valence-electron chi connectivity index (χ2n) is 6.60. The molecule has 0 saturated carbocycles. The van der Waals surface area contributed by atoms with Crippen LogP contribution >= 0.6 is 0 Å². The number of hydrogen-bond acceptors (Lipinski definition) is 4. The molecule has 1 aliphatic rings. The fraction of sp³-hybridized carbons (Fsp3) is 0.136. The van der Waals surface area contributed by atoms with E-state index in [1.54, 1.807) is 6.26 Å². The zero-order chi connectivity index (χ0) is 18.2. The zero-order valence-electron chi connectivity index (χ0n) is 14.9. The van der Waals surface area contributed by atoms with Crippen LogP contribution in [0.5, 0.6) is 0 Å². The summed E-state index contributed by atoms with van der Waals surface area (Å²) in [6.07, 6.45) is 4.19. The largest absolute Gasteiger partial charge is 0.463 e. The highest BCUT2D eigenvalue weighted by atomic mass is 16.3. The lowest BCUT2D eigenvalue weighted by molar-refractivity contribution is 0.505. The molecule has 5 rings (SSSR count). The van der Waals surface area contributed by atoms with Gasteiger partial charge in [-0.05, 0) is 36.8 Å². The maximum atomic E-state index is 5.64. The van der Waals surface area contributed by atoms with Crippen molar-refractivity contribution in [2.24, 2.45) is 4.99 Å². The predicted octanol–water partition coefficient (Wildman–Crippen LogP) is 4.96. The first-order valence-corrected chi connectivity index (χ1v) is 8.98. The van der Waals surface area contributed by atoms with Gasteiger partial charge in [-0.15, -0.1) is 0 Å². The number of benzene rings is 1. The molecule has 0 N–H and O–H groups in total. The number of nitrogens with zero attached hydrogens (tertiary/aromatic N) is 4. The average molecular weight is 354 g/mol. The summed E-state index contributed by atoms with van der Waals surface area (Å²) in [6.45, 7) is 2.03. The van der Waals surface area contributed by atoms with Crippen LogP contribution in [-0.4, -0.2) is 20.5 Å². The average Bonchev–Trinajstić information content (AvgIpc) is 3.36. The van der Waals surface area contributed by atoms with Crippen LogP contribution < -0.4 is 0 Å². The number of aliphatic imine (C=N–C) groups is 1. The maximum absolute atomic E-state index is 5.64. The number of aromatic nitrogens is 3. The first kappa shape index (κ1) is 15.8. The lowest BCUT2D eigenvalue weighted by atomic mass is 10.0. The van der Waals surface area contributed by atoms with E-state index in [4.69, 9.17) is 14.5 Å². The van der Waals surface area contributed by atoms with Gasteiger partial charge in [0, 0.05) is 18.2 Å². The molecule has 27 heavy (non-hydrogen) atoms. The van der Waals surface area contributed by atoms with Crippen molar-refractivity contribution in [2.75, 3.05) is 0 Å². The summed E-state index contributed by atoms with van der Waals surface area (Å²) in [7, 11) is 0. The standard InChI is InChI=1S/C22H18N4O/c1-15-21(16-8-3-2-4-9-16)22-24-18(20-11-7-13-27-20)14-19(26(22)25-15)17-10-5-6-12-23-17/h2-13,19H,14H2,1H3/t19-/m1/s1. The third-order valence-electron chi connectivity index (χ3n) is 4.88. The van der Waals surface area contributed by atoms with Gasteiger partial charge in [0.2, 0.25) is 0 Å². The topological polar surface area (TPSA) is 56.2 Å². The Morgan fingerprint density at radius 2 is 1.85 bits per heavy atom. The third-order valence-corrected chi connectivity index (χ3v) is 4.88. The van der Waals surface area contributed by atoms with Crippen LogP contribution in [-0.2, 0) is 0 Å². The highest BCUT2D eigenvalue weighted by Gasteiger charge is 2.30. The van der Waals surface area contributed by atoms with E-state index in [0.717, 1.165) is 39.8 Å². The summed E-state index contributed by atoms with van der Waals surface area (Å²) in [4.78, 5) is 9.54. The van der Waals surface area contributed by atoms with Gasteiger partial charge >= 0.3 is 0 Å². The van der Waals surface area contributed by atoms with E-state index in [9.17, 15) is 0 Å². The van der Waals surface area contributed by atoms with Crippen molar-refractivity contribution in [2.45, 2.75) is 19.4 Å². The minimum absolute atomic E-state index is 0.0186. The molecule has 5 heteroatoms. The fourth-order valence-electron chi connectivity index (χ4n) is 3.65. The van der Waals surface area contributed by atoms with Crippen LogP contribution in [0.4, 0.5) is 5.82 Å². The molecule has 1 aliphatic heterocycles. The molecule has 0 spiro atoms. The Bertz CT molecular complexity index is 1100. The van der Waals surface area contributed by atoms with Crippen LogP contribution in [0, 0.1) is 6.92 Å². The number of aryl methyl sites for hydroxylation is 1. The quantitative estimate of drug-likeness (QED) is 0.522. The lowest BCUT2D eigenvalue weighted by Gasteiger charge is -2.23. The van der Waals surface area contributed by atoms with Crippen LogP contribution in [0.2, 0.25) is 0 Å². The third kappa shape index (κ3) is 2.68. The second kappa shape index (κ2) is 6.36. The Kier molecular flexibility index (Phi) is 3.71. The Labute approximate surface area is 157 Å². The summed E-state index contributed by atoms with van der Waals surface area (Å²) in [6, 6.07) is 20.1. The van der Waals surface area contributed by atoms with Crippen molar-refractivity contribution < 1.29 is 4.42 Å². The van der Waals surface area contributed by atoms with E-state index in [1.807, 2.05) is 66.3 Å². The van der Waals surface area contributed by atoms with Gasteiger partial charge in [-0.25, -0.2) is 9.67 Å². The van der Waals surface area contributed by atoms with E-state index in [-0.39, 0.29) is 6.04 Å². The van der Waals surface area contributed by atoms with Crippen LogP contribution in [0.1, 0.15) is 29.6 Å². The van der Waals surface area contributed by atoms with Crippen molar-refractivity contribution >= 4 is 11.5 Å². The highest BCUT2D eigenvalue weighted by Crippen LogP contribution is 2.41. The Morgan fingerprint density at radius 1 is 1.00 bits per heavy atom. The molecule has 4 heterocycles. The second-order valence-corrected chi connectivity index (χ2v) is 6.60. The molecule has 0 radical (unpaired) electrons. The first-order valence-electron chi connectivity index (χ1n) is 8.98. The summed E-state index contributed by atoms with van der Waals surface area (Å²) in [5.41, 5.74) is 5.02. The molecule has 3 aromatic heterocycles. The summed E-state index contributed by atoms with van der Waals surface area (Å²) in [5.74, 6) is 1.65. The van der Waals surface area contributed by atoms with Crippen molar-refractivity contribution in [1.29, 1.82) is 0 Å². The Morgan fingerprint density at radius 3 is 2.59 bits per heavy atom. The lowest BCUT2D eigenvalue weighted by Crippen LogP contribution is -2.21. The smallest absolute Gasteiger partial charge is 0.159 e. The molecule has 0 unspecified atom stereocenters. The van der Waals surface area contributed by atoms with Crippen LogP contribution in [0.3, 0.4) is 0 Å². The number of hydrogen-bond donors (Lipinski definition) is 0. The van der Waals surface area contributed by atoms with Crippen molar-refractivity contribution in [3.05, 3.63) is 90.3 Å². The minimum atomic E-state index is -0.0186. The Balaban J connectivity index is 1.74. The van der Waals surface area contributed by atoms with E-state index < -0.39 is 0 Å². The van der Waals surface area contributed by atoms with Crippen molar-refractivity contribution in [3.63, 3.8) is 0 Å². The number of rotatable bonds is 3. The number of fused-ring (bicyclic) bond motifs is 1. The molecule has 0 saturated heterocycles. The molecule has 5 nitrogen and oxygen atoms in total. The predicted molar refractivity (Wildman–Crippen MR) is 104 cm³/mol. The van der Waals surface area contributed by atoms with Gasteiger partial charge in [0.05, 0.1) is 23.4 Å². The highest BCUT2D eigenvalue weighted by molar-refractivity contribution is 6.02. The summed E-state index contributed by atoms with van der Waals surface area (Å²) in [5, 5.41) is 4.84. The van der Waals surface area contributed by atoms with Gasteiger partial charge in [0.15, 0.2) is 5.82 Å². The van der Waals surface area contributed by atoms with E-state index in [0.29, 0.717) is 6.42 Å². The molecule has 1 aromatic carbocycles. The van der Waals surface area contributed by atoms with Gasteiger partial charge < -0.3 is 4.42 Å². The summed E-state index contributed by atoms with van der Waals surface area (Å²) < 4.78 is 7.65. The van der Waals surface area contributed by atoms with Crippen molar-refractivity contribution in [3.8, 4) is 11.1 Å². The van der Waals surface area contributed by atoms with Gasteiger partial charge in [0.1, 0.15) is 11.8 Å². The van der Waals surface area contributed by atoms with Gasteiger partial charge in [-0.1, -0.05) is 36.4 Å². The summed E-state index contributed by atoms with van der Waals surface area (Å²) >= 11 is 0.